The highest BCUT2D eigenvalue weighted by Gasteiger charge is 2.51. The first-order valence-corrected chi connectivity index (χ1v) is 7.54. The molecule has 0 amide bonds. The molecule has 2 aliphatic heterocycles. The van der Waals surface area contributed by atoms with E-state index in [1.165, 1.54) is 6.26 Å². The van der Waals surface area contributed by atoms with Gasteiger partial charge in [-0.1, -0.05) is 0 Å². The Kier molecular flexibility index (Phi) is 2.81. The lowest BCUT2D eigenvalue weighted by Gasteiger charge is -2.33. The molecule has 2 N–H and O–H groups in total. The van der Waals surface area contributed by atoms with E-state index in [1.54, 1.807) is 0 Å². The third-order valence-electron chi connectivity index (χ3n) is 3.80. The number of ether oxygens (including phenoxy) is 1. The molecule has 2 aliphatic rings. The fourth-order valence-corrected chi connectivity index (χ4v) is 3.64. The molecule has 2 heterocycles. The number of nitrogens with two attached hydrogens (primary N) is 1. The quantitative estimate of drug-likeness (QED) is 0.759. The van der Waals surface area contributed by atoms with Crippen LogP contribution in [-0.2, 0) is 14.6 Å². The summed E-state index contributed by atoms with van der Waals surface area (Å²) < 4.78 is 28.1. The summed E-state index contributed by atoms with van der Waals surface area (Å²) in [6, 6.07) is 0. The minimum atomic E-state index is -2.89. The summed E-state index contributed by atoms with van der Waals surface area (Å²) in [5.74, 6) is 0.233. The van der Waals surface area contributed by atoms with E-state index in [9.17, 15) is 8.42 Å². The van der Waals surface area contributed by atoms with Gasteiger partial charge in [-0.3, -0.25) is 0 Å². The van der Waals surface area contributed by atoms with E-state index in [-0.39, 0.29) is 17.3 Å². The predicted octanol–water partition coefficient (Wildman–Crippen LogP) is 0.317. The monoisotopic (exact) mass is 233 g/mol. The van der Waals surface area contributed by atoms with Crippen molar-refractivity contribution in [1.29, 1.82) is 0 Å². The standard InChI is InChI=1S/C10H19NO3S/c1-15(12,13)5-4-10(7-11)6-8-2-3-9(10)14-8/h8-9H,2-7,11H2,1H3. The molecular weight excluding hydrogens is 214 g/mol. The van der Waals surface area contributed by atoms with Crippen LogP contribution in [0.4, 0.5) is 0 Å². The summed E-state index contributed by atoms with van der Waals surface area (Å²) in [6.45, 7) is 0.545. The maximum atomic E-state index is 11.2. The molecule has 5 heteroatoms. The Labute approximate surface area is 91.1 Å². The minimum absolute atomic E-state index is 0.0635. The molecule has 0 aromatic heterocycles. The molecule has 2 fully saturated rings. The minimum Gasteiger partial charge on any atom is -0.374 e. The van der Waals surface area contributed by atoms with Gasteiger partial charge in [-0.2, -0.15) is 0 Å². The Morgan fingerprint density at radius 2 is 2.20 bits per heavy atom. The van der Waals surface area contributed by atoms with Crippen LogP contribution in [0.2, 0.25) is 0 Å². The van der Waals surface area contributed by atoms with Gasteiger partial charge in [-0.05, 0) is 25.7 Å². The molecule has 0 radical (unpaired) electrons. The lowest BCUT2D eigenvalue weighted by molar-refractivity contribution is 0.0623. The molecule has 4 nitrogen and oxygen atoms in total. The maximum Gasteiger partial charge on any atom is 0.147 e. The van der Waals surface area contributed by atoms with Crippen LogP contribution in [-0.4, -0.2) is 39.2 Å². The summed E-state index contributed by atoms with van der Waals surface area (Å²) in [5.41, 5.74) is 5.75. The van der Waals surface area contributed by atoms with E-state index >= 15 is 0 Å². The lowest BCUT2D eigenvalue weighted by atomic mass is 9.72. The molecule has 0 spiro atoms. The topological polar surface area (TPSA) is 69.4 Å². The molecular formula is C10H19NO3S. The van der Waals surface area contributed by atoms with E-state index in [0.29, 0.717) is 19.1 Å². The van der Waals surface area contributed by atoms with Crippen LogP contribution in [0.15, 0.2) is 0 Å². The van der Waals surface area contributed by atoms with Crippen molar-refractivity contribution in [2.24, 2.45) is 11.1 Å². The summed E-state index contributed by atoms with van der Waals surface area (Å²) in [5, 5.41) is 0. The van der Waals surface area contributed by atoms with Gasteiger partial charge in [0.25, 0.3) is 0 Å². The molecule has 2 saturated heterocycles. The number of rotatable bonds is 4. The van der Waals surface area contributed by atoms with E-state index in [2.05, 4.69) is 0 Å². The molecule has 0 saturated carbocycles. The van der Waals surface area contributed by atoms with Crippen molar-refractivity contribution in [1.82, 2.24) is 0 Å². The van der Waals surface area contributed by atoms with Gasteiger partial charge < -0.3 is 10.5 Å². The van der Waals surface area contributed by atoms with Crippen molar-refractivity contribution in [2.75, 3.05) is 18.6 Å². The molecule has 3 atom stereocenters. The third kappa shape index (κ3) is 2.19. The Balaban J connectivity index is 2.04. The smallest absolute Gasteiger partial charge is 0.147 e. The highest BCUT2D eigenvalue weighted by atomic mass is 32.2. The van der Waals surface area contributed by atoms with Crippen LogP contribution in [0.25, 0.3) is 0 Å². The number of hydrogen-bond acceptors (Lipinski definition) is 4. The fourth-order valence-electron chi connectivity index (χ4n) is 2.86. The van der Waals surface area contributed by atoms with Crippen molar-refractivity contribution >= 4 is 9.84 Å². The van der Waals surface area contributed by atoms with Gasteiger partial charge in [0.15, 0.2) is 0 Å². The van der Waals surface area contributed by atoms with Gasteiger partial charge in [0.2, 0.25) is 0 Å². The van der Waals surface area contributed by atoms with Crippen LogP contribution in [0.5, 0.6) is 0 Å². The lowest BCUT2D eigenvalue weighted by Crippen LogP contribution is -2.40. The second-order valence-electron chi connectivity index (χ2n) is 4.97. The van der Waals surface area contributed by atoms with Crippen LogP contribution >= 0.6 is 0 Å². The van der Waals surface area contributed by atoms with Crippen molar-refractivity contribution in [3.8, 4) is 0 Å². The summed E-state index contributed by atoms with van der Waals surface area (Å²) in [4.78, 5) is 0. The molecule has 0 aromatic carbocycles. The van der Waals surface area contributed by atoms with Gasteiger partial charge >= 0.3 is 0 Å². The number of fused-ring (bicyclic) bond motifs is 2. The van der Waals surface area contributed by atoms with Gasteiger partial charge in [-0.15, -0.1) is 0 Å². The van der Waals surface area contributed by atoms with E-state index in [4.69, 9.17) is 10.5 Å². The van der Waals surface area contributed by atoms with Gasteiger partial charge in [0.05, 0.1) is 18.0 Å². The fraction of sp³-hybridized carbons (Fsp3) is 1.00. The van der Waals surface area contributed by atoms with Crippen molar-refractivity contribution in [3.63, 3.8) is 0 Å². The molecule has 88 valence electrons. The summed E-state index contributed by atoms with van der Waals surface area (Å²) >= 11 is 0. The van der Waals surface area contributed by atoms with Crippen molar-refractivity contribution in [3.05, 3.63) is 0 Å². The highest BCUT2D eigenvalue weighted by Crippen LogP contribution is 2.49. The van der Waals surface area contributed by atoms with E-state index in [0.717, 1.165) is 19.3 Å². The van der Waals surface area contributed by atoms with Gasteiger partial charge in [0.1, 0.15) is 9.84 Å². The molecule has 2 bridgehead atoms. The van der Waals surface area contributed by atoms with Crippen LogP contribution in [0, 0.1) is 5.41 Å². The first-order chi connectivity index (χ1) is 6.95. The first-order valence-electron chi connectivity index (χ1n) is 5.48. The van der Waals surface area contributed by atoms with Crippen molar-refractivity contribution < 1.29 is 13.2 Å². The highest BCUT2D eigenvalue weighted by molar-refractivity contribution is 7.90. The number of hydrogen-bond donors (Lipinski definition) is 1. The third-order valence-corrected chi connectivity index (χ3v) is 4.75. The Morgan fingerprint density at radius 1 is 1.47 bits per heavy atom. The first kappa shape index (κ1) is 11.4. The zero-order valence-corrected chi connectivity index (χ0v) is 9.92. The van der Waals surface area contributed by atoms with Gasteiger partial charge in [-0.25, -0.2) is 8.42 Å². The van der Waals surface area contributed by atoms with E-state index in [1.807, 2.05) is 0 Å². The summed E-state index contributed by atoms with van der Waals surface area (Å²) in [6.07, 6.45) is 5.59. The maximum absolute atomic E-state index is 11.2. The van der Waals surface area contributed by atoms with Crippen LogP contribution in [0.3, 0.4) is 0 Å². The second-order valence-corrected chi connectivity index (χ2v) is 7.23. The second kappa shape index (κ2) is 3.71. The normalized spacial score (nSPS) is 39.9. The molecule has 15 heavy (non-hydrogen) atoms. The zero-order valence-electron chi connectivity index (χ0n) is 9.11. The average Bonchev–Trinajstić information content (AvgIpc) is 2.73. The van der Waals surface area contributed by atoms with E-state index < -0.39 is 9.84 Å². The molecule has 0 aromatic rings. The Bertz CT molecular complexity index is 341. The van der Waals surface area contributed by atoms with Crippen molar-refractivity contribution in [2.45, 2.75) is 37.9 Å². The van der Waals surface area contributed by atoms with Gasteiger partial charge in [0, 0.05) is 18.2 Å². The molecule has 3 unspecified atom stereocenters. The van der Waals surface area contributed by atoms with Crippen LogP contribution in [0.1, 0.15) is 25.7 Å². The Morgan fingerprint density at radius 3 is 2.60 bits per heavy atom. The largest absolute Gasteiger partial charge is 0.374 e. The zero-order chi connectivity index (χ0) is 11.1. The average molecular weight is 233 g/mol. The SMILES string of the molecule is CS(=O)(=O)CCC1(CN)CC2CCC1O2. The Hall–Kier alpha value is -0.130. The van der Waals surface area contributed by atoms with Crippen LogP contribution < -0.4 is 5.73 Å². The predicted molar refractivity (Wildman–Crippen MR) is 58.3 cm³/mol. The summed E-state index contributed by atoms with van der Waals surface area (Å²) in [7, 11) is -2.89. The number of sulfone groups is 1. The molecule has 2 rings (SSSR count). The molecule has 0 aliphatic carbocycles.